The molecule has 0 unspecified atom stereocenters. The van der Waals surface area contributed by atoms with Gasteiger partial charge in [-0.3, -0.25) is 0 Å². The van der Waals surface area contributed by atoms with E-state index in [1.807, 2.05) is 30.5 Å². The maximum atomic E-state index is 7.23. The zero-order valence-electron chi connectivity index (χ0n) is 30.1. The summed E-state index contributed by atoms with van der Waals surface area (Å²) >= 11 is 0. The smallest absolute Gasteiger partial charge is 0.232 e. The Hall–Kier alpha value is -5.29. The minimum atomic E-state index is -2.09. The zero-order chi connectivity index (χ0) is 35.1. The molecule has 0 bridgehead atoms. The Morgan fingerprint density at radius 1 is 0.653 bits per heavy atom. The van der Waals surface area contributed by atoms with Crippen molar-refractivity contribution in [2.24, 2.45) is 0 Å². The fraction of sp³-hybridized carbons (Fsp3) is 0.0698. The molecule has 2 aliphatic rings. The molecule has 1 radical (unpaired) electrons. The fourth-order valence-corrected chi connectivity index (χ4v) is 6.93. The SMILES string of the molecule is CN1c2ccccc2B2c3ccccc3N(C)c3c(-c4cc(-c5ccccc5)ccn4)[c-]cc1c32.[2H]C([2H])([2H])c1ccc(-c2[c-]cccc2)nc1.[Ir]. The summed E-state index contributed by atoms with van der Waals surface area (Å²) in [5.74, 6) is 0. The van der Waals surface area contributed by atoms with E-state index in [1.165, 1.54) is 50.9 Å². The molecular weight excluding hydrogens is 776 g/mol. The average Bonchev–Trinajstić information content (AvgIpc) is 3.18. The van der Waals surface area contributed by atoms with Crippen molar-refractivity contribution >= 4 is 45.9 Å². The summed E-state index contributed by atoms with van der Waals surface area (Å²) in [5, 5.41) is 0. The van der Waals surface area contributed by atoms with Crippen LogP contribution in [0.2, 0.25) is 0 Å². The topological polar surface area (TPSA) is 32.3 Å². The molecule has 2 aromatic heterocycles. The molecule has 0 N–H and O–H groups in total. The third-order valence-corrected chi connectivity index (χ3v) is 9.20. The Kier molecular flexibility index (Phi) is 8.01. The quantitative estimate of drug-likeness (QED) is 0.135. The first-order valence-corrected chi connectivity index (χ1v) is 16.0. The number of nitrogens with zero attached hydrogens (tertiary/aromatic N) is 4. The minimum Gasteiger partial charge on any atom is -0.385 e. The van der Waals surface area contributed by atoms with Gasteiger partial charge in [0.05, 0.1) is 0 Å². The number of hydrogen-bond acceptors (Lipinski definition) is 4. The predicted molar refractivity (Wildman–Crippen MR) is 201 cm³/mol. The first kappa shape index (κ1) is 28.7. The van der Waals surface area contributed by atoms with Crippen molar-refractivity contribution in [3.63, 3.8) is 0 Å². The molecule has 0 fully saturated rings. The summed E-state index contributed by atoms with van der Waals surface area (Å²) in [6.45, 7) is -1.92. The van der Waals surface area contributed by atoms with Crippen LogP contribution in [0.5, 0.6) is 0 Å². The second-order valence-electron chi connectivity index (χ2n) is 12.0. The number of fused-ring (bicyclic) bond motifs is 4. The Bertz CT molecular complexity index is 2340. The van der Waals surface area contributed by atoms with E-state index in [-0.39, 0.29) is 32.4 Å². The van der Waals surface area contributed by atoms with E-state index in [9.17, 15) is 0 Å². The molecule has 4 nitrogen and oxygen atoms in total. The van der Waals surface area contributed by atoms with Gasteiger partial charge in [-0.15, -0.1) is 59.1 Å². The maximum absolute atomic E-state index is 7.23. The Labute approximate surface area is 306 Å². The van der Waals surface area contributed by atoms with Gasteiger partial charge in [-0.25, -0.2) is 0 Å². The number of hydrogen-bond donors (Lipinski definition) is 0. The number of rotatable bonds is 3. The van der Waals surface area contributed by atoms with Gasteiger partial charge in [0.2, 0.25) is 6.71 Å². The molecule has 0 saturated heterocycles. The fourth-order valence-electron chi connectivity index (χ4n) is 6.93. The largest absolute Gasteiger partial charge is 0.385 e. The molecule has 0 amide bonds. The third-order valence-electron chi connectivity index (χ3n) is 9.20. The molecule has 9 rings (SSSR count). The molecule has 239 valence electrons. The van der Waals surface area contributed by atoms with Crippen LogP contribution in [0.4, 0.5) is 22.7 Å². The van der Waals surface area contributed by atoms with Gasteiger partial charge in [0, 0.05) is 62.1 Å². The number of para-hydroxylation sites is 2. The molecular formula is C43H33BIrN4-2. The molecule has 5 aromatic carbocycles. The maximum Gasteiger partial charge on any atom is 0.232 e. The van der Waals surface area contributed by atoms with Crippen LogP contribution in [0, 0.1) is 19.0 Å². The number of anilines is 4. The molecule has 4 heterocycles. The molecule has 0 atom stereocenters. The Balaban J connectivity index is 0.000000209. The molecule has 0 aliphatic carbocycles. The van der Waals surface area contributed by atoms with E-state index in [0.29, 0.717) is 0 Å². The van der Waals surface area contributed by atoms with Crippen LogP contribution in [-0.2, 0) is 20.1 Å². The van der Waals surface area contributed by atoms with Crippen LogP contribution < -0.4 is 26.2 Å². The summed E-state index contributed by atoms with van der Waals surface area (Å²) in [4.78, 5) is 13.6. The van der Waals surface area contributed by atoms with Gasteiger partial charge in [-0.2, -0.15) is 0 Å². The second kappa shape index (κ2) is 13.7. The number of aromatic nitrogens is 2. The van der Waals surface area contributed by atoms with Crippen molar-refractivity contribution in [1.29, 1.82) is 0 Å². The predicted octanol–water partition coefficient (Wildman–Crippen LogP) is 7.75. The van der Waals surface area contributed by atoms with Gasteiger partial charge >= 0.3 is 0 Å². The van der Waals surface area contributed by atoms with E-state index in [1.54, 1.807) is 18.2 Å². The zero-order valence-corrected chi connectivity index (χ0v) is 29.5. The molecule has 7 aromatic rings. The van der Waals surface area contributed by atoms with Crippen LogP contribution in [0.3, 0.4) is 0 Å². The molecule has 0 saturated carbocycles. The van der Waals surface area contributed by atoms with Gasteiger partial charge in [-0.05, 0) is 75.4 Å². The second-order valence-corrected chi connectivity index (χ2v) is 12.0. The van der Waals surface area contributed by atoms with Crippen molar-refractivity contribution in [2.75, 3.05) is 23.9 Å². The average molecular weight is 812 g/mol. The third kappa shape index (κ3) is 5.88. The van der Waals surface area contributed by atoms with Gasteiger partial charge in [0.15, 0.2) is 0 Å². The van der Waals surface area contributed by atoms with Crippen molar-refractivity contribution in [3.8, 4) is 33.6 Å². The van der Waals surface area contributed by atoms with E-state index >= 15 is 0 Å². The molecule has 49 heavy (non-hydrogen) atoms. The Morgan fingerprint density at radius 3 is 2.06 bits per heavy atom. The molecule has 6 heteroatoms. The number of pyridine rings is 2. The van der Waals surface area contributed by atoms with Gasteiger partial charge in [-0.1, -0.05) is 84.9 Å². The first-order valence-electron chi connectivity index (χ1n) is 17.5. The monoisotopic (exact) mass is 812 g/mol. The first-order chi connectivity index (χ1) is 24.8. The standard InChI is InChI=1S/C31H23BN3.C12H10N.Ir/c1-34-27-14-8-6-12-24(27)32-25-13-7-9-15-28(25)35(2)31-23(16-17-29(34)30(31)32)26-20-22(18-19-33-26)21-10-4-3-5-11-21;1-10-7-8-12(13-9-10)11-5-3-2-4-6-11;/h3-15,17-20H,1-2H3;2-5,7-9H,1H3;/q2*-1;/i;1D3;. The normalized spacial score (nSPS) is 13.3. The van der Waals surface area contributed by atoms with Crippen LogP contribution >= 0.6 is 0 Å². The summed E-state index contributed by atoms with van der Waals surface area (Å²) in [6, 6.07) is 51.9. The molecule has 2 aliphatic heterocycles. The summed E-state index contributed by atoms with van der Waals surface area (Å²) in [7, 11) is 4.33. The van der Waals surface area contributed by atoms with Crippen molar-refractivity contribution < 1.29 is 24.2 Å². The van der Waals surface area contributed by atoms with E-state index < -0.39 is 6.85 Å². The minimum absolute atomic E-state index is 0. The summed E-state index contributed by atoms with van der Waals surface area (Å²) in [6.07, 6.45) is 3.30. The molecule has 0 spiro atoms. The van der Waals surface area contributed by atoms with Crippen molar-refractivity contribution in [3.05, 3.63) is 164 Å². The van der Waals surface area contributed by atoms with Crippen LogP contribution in [0.15, 0.2) is 146 Å². The van der Waals surface area contributed by atoms with E-state index in [4.69, 9.17) is 9.10 Å². The van der Waals surface area contributed by atoms with Crippen LogP contribution in [0.1, 0.15) is 9.68 Å². The number of aryl methyl sites for hydroxylation is 1. The van der Waals surface area contributed by atoms with Crippen LogP contribution in [-0.4, -0.2) is 30.8 Å². The van der Waals surface area contributed by atoms with Crippen molar-refractivity contribution in [1.82, 2.24) is 9.97 Å². The van der Waals surface area contributed by atoms with Gasteiger partial charge in [0.25, 0.3) is 0 Å². The van der Waals surface area contributed by atoms with Crippen molar-refractivity contribution in [2.45, 2.75) is 6.85 Å². The summed E-state index contributed by atoms with van der Waals surface area (Å²) < 4.78 is 21.7. The number of benzene rings is 5. The van der Waals surface area contributed by atoms with Crippen LogP contribution in [0.25, 0.3) is 33.6 Å². The summed E-state index contributed by atoms with van der Waals surface area (Å²) in [5.41, 5.74) is 15.1. The van der Waals surface area contributed by atoms with E-state index in [0.717, 1.165) is 28.1 Å². The van der Waals surface area contributed by atoms with E-state index in [2.05, 4.69) is 132 Å². The Morgan fingerprint density at radius 2 is 1.37 bits per heavy atom. The van der Waals surface area contributed by atoms with Gasteiger partial charge < -0.3 is 19.8 Å². The van der Waals surface area contributed by atoms with Gasteiger partial charge in [0.1, 0.15) is 0 Å².